The molecule has 2 heterocycles. The molecule has 10 atom stereocenters. The van der Waals surface area contributed by atoms with Crippen LogP contribution in [-0.4, -0.2) is 163 Å². The third-order valence-electron chi connectivity index (χ3n) is 12.2. The molecule has 4 amide bonds. The molecule has 19 nitrogen and oxygen atoms in total. The number of amides is 4. The molecule has 2 saturated heterocycles. The predicted molar refractivity (Wildman–Crippen MR) is 243 cm³/mol. The van der Waals surface area contributed by atoms with Crippen LogP contribution in [0.3, 0.4) is 0 Å². The van der Waals surface area contributed by atoms with Gasteiger partial charge in [-0.3, -0.25) is 39.9 Å². The van der Waals surface area contributed by atoms with Gasteiger partial charge in [-0.25, -0.2) is 0 Å². The van der Waals surface area contributed by atoms with Gasteiger partial charge in [0.2, 0.25) is 23.6 Å². The van der Waals surface area contributed by atoms with E-state index in [1.54, 1.807) is 42.3 Å². The summed E-state index contributed by atoms with van der Waals surface area (Å²) in [6.07, 6.45) is -0.507. The van der Waals surface area contributed by atoms with E-state index < -0.39 is 94.7 Å². The fraction of sp³-hybridized carbons (Fsp3) is 0.837. The summed E-state index contributed by atoms with van der Waals surface area (Å²) in [6, 6.07) is -5.87. The van der Waals surface area contributed by atoms with Crippen LogP contribution in [0.1, 0.15) is 119 Å². The molecule has 3 rings (SSSR count). The monoisotopic (exact) mass is 945 g/mol. The third kappa shape index (κ3) is 17.1. The molecule has 0 aromatic rings. The molecule has 2 aliphatic heterocycles. The number of methoxy groups -OCH3 is 1. The SMILES string of the molecule is CCCC(NC(O)C1CC2(CN1C(=O)C(NC(=O)C(NC(O)C(CCC(C)=O)NC(=O)C(CCC(C)=O)NC(C)=O)C(C)C)C1CCCCC1)SCCS2)C(O)C(O)NCC(=O)OC. The summed E-state index contributed by atoms with van der Waals surface area (Å²) in [6.45, 7) is 9.33. The Hall–Kier alpha value is -2.89. The summed E-state index contributed by atoms with van der Waals surface area (Å²) in [5.74, 6) is -2.10. The highest BCUT2D eigenvalue weighted by atomic mass is 32.2. The first-order valence-corrected chi connectivity index (χ1v) is 24.7. The highest BCUT2D eigenvalue weighted by Crippen LogP contribution is 2.52. The smallest absolute Gasteiger partial charge is 0.319 e. The van der Waals surface area contributed by atoms with Crippen molar-refractivity contribution in [1.29, 1.82) is 0 Å². The normalized spacial score (nSPS) is 21.8. The van der Waals surface area contributed by atoms with Crippen LogP contribution < -0.4 is 31.9 Å². The minimum atomic E-state index is -1.56. The zero-order valence-electron chi connectivity index (χ0n) is 38.6. The van der Waals surface area contributed by atoms with Crippen molar-refractivity contribution in [3.63, 3.8) is 0 Å². The number of ketones is 2. The van der Waals surface area contributed by atoms with Crippen LogP contribution in [0, 0.1) is 11.8 Å². The number of carbonyl (C=O) groups excluding carboxylic acids is 7. The number of nitrogens with zero attached hydrogens (tertiary/aromatic N) is 1. The van der Waals surface area contributed by atoms with Gasteiger partial charge in [0, 0.05) is 43.9 Å². The number of rotatable bonds is 27. The molecule has 3 fully saturated rings. The van der Waals surface area contributed by atoms with Crippen molar-refractivity contribution in [2.24, 2.45) is 11.8 Å². The average Bonchev–Trinajstić information content (AvgIpc) is 3.88. The molecule has 0 radical (unpaired) electrons. The number of likely N-dealkylation sites (tertiary alicyclic amines) is 1. The number of carbonyl (C=O) groups is 7. The number of thioether (sulfide) groups is 2. The van der Waals surface area contributed by atoms with Gasteiger partial charge in [-0.15, -0.1) is 23.5 Å². The van der Waals surface area contributed by atoms with E-state index in [2.05, 4.69) is 36.6 Å². The maximum atomic E-state index is 15.1. The van der Waals surface area contributed by atoms with Gasteiger partial charge in [-0.2, -0.15) is 0 Å². The van der Waals surface area contributed by atoms with E-state index >= 15 is 4.79 Å². The lowest BCUT2D eigenvalue weighted by Gasteiger charge is -2.38. The fourth-order valence-electron chi connectivity index (χ4n) is 8.65. The minimum absolute atomic E-state index is 0.00600. The fourth-order valence-corrected chi connectivity index (χ4v) is 11.9. The number of aliphatic hydroxyl groups excluding tert-OH is 4. The number of Topliss-reactive ketones (excluding diaryl/α,β-unsaturated/α-hetero) is 2. The first-order chi connectivity index (χ1) is 30.2. The average molecular weight is 946 g/mol. The number of hydrogen-bond donors (Lipinski definition) is 10. The van der Waals surface area contributed by atoms with Gasteiger partial charge in [-0.1, -0.05) is 46.5 Å². The second kappa shape index (κ2) is 27.1. The van der Waals surface area contributed by atoms with Crippen LogP contribution in [0.15, 0.2) is 0 Å². The molecule has 1 saturated carbocycles. The predicted octanol–water partition coefficient (Wildman–Crippen LogP) is 0.00780. The van der Waals surface area contributed by atoms with Gasteiger partial charge in [0.25, 0.3) is 0 Å². The Bertz CT molecular complexity index is 1570. The van der Waals surface area contributed by atoms with Crippen LogP contribution >= 0.6 is 23.5 Å². The van der Waals surface area contributed by atoms with Crippen molar-refractivity contribution in [1.82, 2.24) is 36.8 Å². The number of ether oxygens (including phenoxy) is 1. The van der Waals surface area contributed by atoms with Crippen LogP contribution in [0.25, 0.3) is 0 Å². The lowest BCUT2D eigenvalue weighted by molar-refractivity contribution is -0.142. The van der Waals surface area contributed by atoms with Crippen molar-refractivity contribution in [2.45, 2.75) is 184 Å². The lowest BCUT2D eigenvalue weighted by atomic mass is 9.83. The van der Waals surface area contributed by atoms with E-state index in [1.165, 1.54) is 27.9 Å². The van der Waals surface area contributed by atoms with Gasteiger partial charge >= 0.3 is 5.97 Å². The highest BCUT2D eigenvalue weighted by Gasteiger charge is 2.53. The van der Waals surface area contributed by atoms with E-state index in [0.29, 0.717) is 38.6 Å². The lowest BCUT2D eigenvalue weighted by Crippen LogP contribution is -2.63. The van der Waals surface area contributed by atoms with E-state index in [0.717, 1.165) is 30.8 Å². The van der Waals surface area contributed by atoms with Crippen LogP contribution in [-0.2, 0) is 38.3 Å². The standard InChI is InChI=1S/C43H75N7O12S2/c1-8-12-29(36(55)41(60)44-22-33(54)62-7)46-39(58)32-21-43(63-19-20-64-43)23-50(32)42(61)35(28-13-10-9-11-14-28)49-40(59)34(24(2)3)48-38(57)31(18-16-26(5)52)47-37(56)30(45-27(6)53)17-15-25(4)51/h24,28-32,34-36,38-39,41,44,46,48,55,57-58,60H,8-23H2,1-7H3,(H,45,53)(H,47,56)(H,49,59). The molecule has 10 N–H and O–H groups in total. The van der Waals surface area contributed by atoms with Gasteiger partial charge in [0.15, 0.2) is 0 Å². The number of nitrogens with one attached hydrogen (secondary N) is 6. The molecule has 366 valence electrons. The van der Waals surface area contributed by atoms with E-state index in [4.69, 9.17) is 0 Å². The summed E-state index contributed by atoms with van der Waals surface area (Å²) in [4.78, 5) is 92.1. The summed E-state index contributed by atoms with van der Waals surface area (Å²) in [5.41, 5.74) is 0. The summed E-state index contributed by atoms with van der Waals surface area (Å²) >= 11 is 3.44. The van der Waals surface area contributed by atoms with Crippen LogP contribution in [0.2, 0.25) is 0 Å². The van der Waals surface area contributed by atoms with Gasteiger partial charge in [0.1, 0.15) is 48.4 Å². The molecule has 1 spiro atoms. The molecular weight excluding hydrogens is 871 g/mol. The number of esters is 1. The Morgan fingerprint density at radius 3 is 1.97 bits per heavy atom. The third-order valence-corrected chi connectivity index (χ3v) is 15.6. The molecule has 0 aromatic heterocycles. The Kier molecular flexibility index (Phi) is 23.4. The number of aliphatic hydroxyl groups is 4. The second-order valence-corrected chi connectivity index (χ2v) is 21.0. The zero-order chi connectivity index (χ0) is 47.7. The maximum absolute atomic E-state index is 15.1. The van der Waals surface area contributed by atoms with Gasteiger partial charge in [-0.05, 0) is 64.2 Å². The molecular formula is C43H75N7O12S2. The topological polar surface area (TPSA) is 285 Å². The second-order valence-electron chi connectivity index (χ2n) is 17.8. The van der Waals surface area contributed by atoms with Crippen molar-refractivity contribution < 1.29 is 58.7 Å². The molecule has 10 unspecified atom stereocenters. The molecule has 0 aromatic carbocycles. The van der Waals surface area contributed by atoms with Crippen LogP contribution in [0.4, 0.5) is 0 Å². The van der Waals surface area contributed by atoms with Crippen molar-refractivity contribution >= 4 is 64.7 Å². The largest absolute Gasteiger partial charge is 0.468 e. The zero-order valence-corrected chi connectivity index (χ0v) is 40.2. The van der Waals surface area contributed by atoms with E-state index in [1.807, 2.05) is 6.92 Å². The first-order valence-electron chi connectivity index (χ1n) is 22.7. The maximum Gasteiger partial charge on any atom is 0.319 e. The van der Waals surface area contributed by atoms with Gasteiger partial charge in [0.05, 0.1) is 35.9 Å². The Morgan fingerprint density at radius 1 is 0.781 bits per heavy atom. The molecule has 3 aliphatic rings. The van der Waals surface area contributed by atoms with Crippen LogP contribution in [0.5, 0.6) is 0 Å². The summed E-state index contributed by atoms with van der Waals surface area (Å²) < 4.78 is 4.21. The Labute approximate surface area is 386 Å². The Morgan fingerprint density at radius 2 is 1.41 bits per heavy atom. The van der Waals surface area contributed by atoms with Crippen molar-refractivity contribution in [2.75, 3.05) is 31.7 Å². The summed E-state index contributed by atoms with van der Waals surface area (Å²) in [7, 11) is 1.20. The summed E-state index contributed by atoms with van der Waals surface area (Å²) in [5, 5.41) is 62.3. The molecule has 1 aliphatic carbocycles. The van der Waals surface area contributed by atoms with Gasteiger partial charge < -0.3 is 55.6 Å². The van der Waals surface area contributed by atoms with Crippen molar-refractivity contribution in [3.8, 4) is 0 Å². The van der Waals surface area contributed by atoms with E-state index in [9.17, 15) is 49.2 Å². The van der Waals surface area contributed by atoms with Crippen molar-refractivity contribution in [3.05, 3.63) is 0 Å². The number of hydrogen-bond acceptors (Lipinski definition) is 17. The quantitative estimate of drug-likeness (QED) is 0.0384. The first kappa shape index (κ1) is 55.4. The van der Waals surface area contributed by atoms with E-state index in [-0.39, 0.29) is 55.6 Å². The highest BCUT2D eigenvalue weighted by molar-refractivity contribution is 8.21. The Balaban J connectivity index is 1.90. The molecule has 0 bridgehead atoms. The minimum Gasteiger partial charge on any atom is -0.468 e. The molecule has 64 heavy (non-hydrogen) atoms. The molecule has 21 heteroatoms.